The van der Waals surface area contributed by atoms with E-state index in [2.05, 4.69) is 15.5 Å². The molecule has 0 radical (unpaired) electrons. The zero-order valence-electron chi connectivity index (χ0n) is 12.0. The van der Waals surface area contributed by atoms with E-state index in [1.54, 1.807) is 0 Å². The maximum atomic E-state index is 14.1. The Morgan fingerprint density at radius 2 is 2.00 bits per heavy atom. The van der Waals surface area contributed by atoms with Crippen LogP contribution in [0.4, 0.5) is 15.8 Å². The summed E-state index contributed by atoms with van der Waals surface area (Å²) >= 11 is 0. The number of hydrogen-bond acceptors (Lipinski definition) is 5. The Hall–Kier alpha value is -2.41. The Morgan fingerprint density at radius 1 is 1.27 bits per heavy atom. The number of aromatic amines is 1. The molecule has 1 fully saturated rings. The first-order chi connectivity index (χ1) is 10.8. The lowest BCUT2D eigenvalue weighted by atomic mass is 10.2. The Labute approximate surface area is 126 Å². The molecular weight excluding hydrogens is 287 g/mol. The Kier molecular flexibility index (Phi) is 4.34. The highest BCUT2D eigenvalue weighted by Gasteiger charge is 2.22. The van der Waals surface area contributed by atoms with Gasteiger partial charge in [0.25, 0.3) is 11.5 Å². The second-order valence-electron chi connectivity index (χ2n) is 5.01. The SMILES string of the molecule is O=c1[nH]nc(F)c(NCc2ccccc2)c1N1CCOCC1. The highest BCUT2D eigenvalue weighted by molar-refractivity contribution is 5.68. The fourth-order valence-electron chi connectivity index (χ4n) is 2.45. The molecule has 1 saturated heterocycles. The van der Waals surface area contributed by atoms with Gasteiger partial charge in [0, 0.05) is 19.6 Å². The molecule has 0 saturated carbocycles. The number of benzene rings is 1. The van der Waals surface area contributed by atoms with E-state index in [0.717, 1.165) is 5.56 Å². The predicted octanol–water partition coefficient (Wildman–Crippen LogP) is 1.36. The minimum absolute atomic E-state index is 0.134. The highest BCUT2D eigenvalue weighted by atomic mass is 19.1. The average Bonchev–Trinajstić information content (AvgIpc) is 2.57. The number of rotatable bonds is 4. The van der Waals surface area contributed by atoms with Crippen molar-refractivity contribution in [2.45, 2.75) is 6.54 Å². The molecule has 0 unspecified atom stereocenters. The van der Waals surface area contributed by atoms with Gasteiger partial charge in [-0.25, -0.2) is 5.10 Å². The molecule has 22 heavy (non-hydrogen) atoms. The zero-order chi connectivity index (χ0) is 15.4. The first kappa shape index (κ1) is 14.5. The molecule has 2 aromatic rings. The van der Waals surface area contributed by atoms with E-state index in [1.807, 2.05) is 35.2 Å². The van der Waals surface area contributed by atoms with Gasteiger partial charge >= 0.3 is 0 Å². The van der Waals surface area contributed by atoms with Gasteiger partial charge in [-0.1, -0.05) is 30.3 Å². The van der Waals surface area contributed by atoms with Crippen molar-refractivity contribution >= 4 is 11.4 Å². The molecule has 2 heterocycles. The van der Waals surface area contributed by atoms with Gasteiger partial charge in [0.05, 0.1) is 13.2 Å². The van der Waals surface area contributed by atoms with E-state index in [4.69, 9.17) is 4.74 Å². The lowest BCUT2D eigenvalue weighted by Gasteiger charge is -2.29. The normalized spacial score (nSPS) is 14.9. The van der Waals surface area contributed by atoms with Gasteiger partial charge in [0.2, 0.25) is 0 Å². The second kappa shape index (κ2) is 6.57. The monoisotopic (exact) mass is 304 g/mol. The van der Waals surface area contributed by atoms with Crippen LogP contribution in [0.3, 0.4) is 0 Å². The highest BCUT2D eigenvalue weighted by Crippen LogP contribution is 2.24. The van der Waals surface area contributed by atoms with Crippen LogP contribution >= 0.6 is 0 Å². The summed E-state index contributed by atoms with van der Waals surface area (Å²) in [6.07, 6.45) is 0. The number of H-pyrrole nitrogens is 1. The molecule has 1 aliphatic heterocycles. The molecule has 1 aliphatic rings. The lowest BCUT2D eigenvalue weighted by Crippen LogP contribution is -2.40. The third-order valence-electron chi connectivity index (χ3n) is 3.55. The average molecular weight is 304 g/mol. The molecule has 1 aromatic carbocycles. The van der Waals surface area contributed by atoms with Crippen molar-refractivity contribution < 1.29 is 9.13 Å². The Bertz CT molecular complexity index is 684. The summed E-state index contributed by atoms with van der Waals surface area (Å²) in [5, 5.41) is 8.62. The van der Waals surface area contributed by atoms with Crippen LogP contribution in [-0.4, -0.2) is 36.5 Å². The van der Waals surface area contributed by atoms with E-state index in [-0.39, 0.29) is 11.4 Å². The number of ether oxygens (including phenoxy) is 1. The maximum absolute atomic E-state index is 14.1. The molecule has 0 bridgehead atoms. The van der Waals surface area contributed by atoms with Gasteiger partial charge in [-0.3, -0.25) is 4.79 Å². The summed E-state index contributed by atoms with van der Waals surface area (Å²) < 4.78 is 19.4. The van der Waals surface area contributed by atoms with Gasteiger partial charge in [-0.2, -0.15) is 4.39 Å². The van der Waals surface area contributed by atoms with Crippen molar-refractivity contribution in [1.82, 2.24) is 10.2 Å². The fraction of sp³-hybridized carbons (Fsp3) is 0.333. The van der Waals surface area contributed by atoms with Gasteiger partial charge < -0.3 is 15.0 Å². The van der Waals surface area contributed by atoms with Crippen molar-refractivity contribution in [3.63, 3.8) is 0 Å². The molecule has 2 N–H and O–H groups in total. The minimum Gasteiger partial charge on any atom is -0.378 e. The molecule has 0 amide bonds. The first-order valence-corrected chi connectivity index (χ1v) is 7.14. The molecule has 3 rings (SSSR count). The van der Waals surface area contributed by atoms with Crippen molar-refractivity contribution in [3.8, 4) is 0 Å². The summed E-state index contributed by atoms with van der Waals surface area (Å²) in [5.41, 5.74) is 1.01. The molecule has 0 atom stereocenters. The smallest absolute Gasteiger partial charge is 0.290 e. The Balaban J connectivity index is 1.88. The number of anilines is 2. The quantitative estimate of drug-likeness (QED) is 0.892. The number of nitrogens with one attached hydrogen (secondary N) is 2. The predicted molar refractivity (Wildman–Crippen MR) is 81.6 cm³/mol. The molecule has 7 heteroatoms. The number of halogens is 1. The molecule has 0 aliphatic carbocycles. The van der Waals surface area contributed by atoms with Crippen LogP contribution in [0.25, 0.3) is 0 Å². The lowest BCUT2D eigenvalue weighted by molar-refractivity contribution is 0.122. The van der Waals surface area contributed by atoms with Gasteiger partial charge in [-0.15, -0.1) is 5.10 Å². The van der Waals surface area contributed by atoms with Gasteiger partial charge in [0.15, 0.2) is 0 Å². The van der Waals surface area contributed by atoms with Crippen LogP contribution < -0.4 is 15.8 Å². The third kappa shape index (κ3) is 3.09. The van der Waals surface area contributed by atoms with Crippen molar-refractivity contribution in [1.29, 1.82) is 0 Å². The van der Waals surface area contributed by atoms with E-state index < -0.39 is 11.5 Å². The van der Waals surface area contributed by atoms with Gasteiger partial charge in [-0.05, 0) is 5.56 Å². The number of aromatic nitrogens is 2. The van der Waals surface area contributed by atoms with E-state index in [1.165, 1.54) is 0 Å². The van der Waals surface area contributed by atoms with Crippen LogP contribution in [0.2, 0.25) is 0 Å². The van der Waals surface area contributed by atoms with E-state index in [0.29, 0.717) is 32.8 Å². The van der Waals surface area contributed by atoms with E-state index in [9.17, 15) is 9.18 Å². The van der Waals surface area contributed by atoms with E-state index >= 15 is 0 Å². The molecular formula is C15H17FN4O2. The van der Waals surface area contributed by atoms with Crippen molar-refractivity contribution in [2.24, 2.45) is 0 Å². The minimum atomic E-state index is -0.711. The third-order valence-corrected chi connectivity index (χ3v) is 3.55. The summed E-state index contributed by atoms with van der Waals surface area (Å²) in [6, 6.07) is 9.59. The first-order valence-electron chi connectivity index (χ1n) is 7.14. The molecule has 1 aromatic heterocycles. The zero-order valence-corrected chi connectivity index (χ0v) is 12.0. The molecule has 6 nitrogen and oxygen atoms in total. The van der Waals surface area contributed by atoms with Crippen LogP contribution in [0.5, 0.6) is 0 Å². The summed E-state index contributed by atoms with van der Waals surface area (Å²) in [7, 11) is 0. The number of nitrogens with zero attached hydrogens (tertiary/aromatic N) is 2. The standard InChI is InChI=1S/C15H17FN4O2/c16-14-12(17-10-11-4-2-1-3-5-11)13(15(21)19-18-14)20-6-8-22-9-7-20/h1-5H,6-10H2,(H2,17,19,21). The van der Waals surface area contributed by atoms with Crippen LogP contribution in [0.15, 0.2) is 35.1 Å². The summed E-state index contributed by atoms with van der Waals surface area (Å²) in [5.74, 6) is -0.711. The van der Waals surface area contributed by atoms with Crippen molar-refractivity contribution in [3.05, 3.63) is 52.2 Å². The van der Waals surface area contributed by atoms with Gasteiger partial charge in [0.1, 0.15) is 11.4 Å². The summed E-state index contributed by atoms with van der Waals surface area (Å²) in [6.45, 7) is 2.54. The number of hydrogen-bond donors (Lipinski definition) is 2. The molecule has 116 valence electrons. The van der Waals surface area contributed by atoms with Crippen molar-refractivity contribution in [2.75, 3.05) is 36.5 Å². The Morgan fingerprint density at radius 3 is 2.73 bits per heavy atom. The molecule has 0 spiro atoms. The summed E-state index contributed by atoms with van der Waals surface area (Å²) in [4.78, 5) is 13.9. The van der Waals surface area contributed by atoms with Crippen LogP contribution in [0.1, 0.15) is 5.56 Å². The van der Waals surface area contributed by atoms with Crippen LogP contribution in [0, 0.1) is 5.95 Å². The topological polar surface area (TPSA) is 70.2 Å². The number of morpholine rings is 1. The maximum Gasteiger partial charge on any atom is 0.290 e. The largest absolute Gasteiger partial charge is 0.378 e. The second-order valence-corrected chi connectivity index (χ2v) is 5.01. The fourth-order valence-corrected chi connectivity index (χ4v) is 2.45. The van der Waals surface area contributed by atoms with Crippen LogP contribution in [-0.2, 0) is 11.3 Å².